The molecule has 0 saturated carbocycles. The SMILES string of the molecule is CC[C@@H](C(=O)NCC(C)C)N(Cc1ccc(Cl)cc1)C(=O)CN(c1ccc([N+](=O)[O-])cc1)S(=O)(=O)c1ccccc1. The van der Waals surface area contributed by atoms with Crippen molar-refractivity contribution >= 4 is 44.8 Å². The van der Waals surface area contributed by atoms with Crippen molar-refractivity contribution in [1.82, 2.24) is 10.2 Å². The van der Waals surface area contributed by atoms with E-state index in [1.807, 2.05) is 13.8 Å². The molecule has 0 heterocycles. The van der Waals surface area contributed by atoms with Crippen LogP contribution in [0.4, 0.5) is 11.4 Å². The second-order valence-corrected chi connectivity index (χ2v) is 12.1. The summed E-state index contributed by atoms with van der Waals surface area (Å²) in [6.07, 6.45) is 0.284. The van der Waals surface area contributed by atoms with Crippen LogP contribution < -0.4 is 9.62 Å². The number of hydrogen-bond acceptors (Lipinski definition) is 6. The third kappa shape index (κ3) is 8.27. The lowest BCUT2D eigenvalue weighted by Crippen LogP contribution is -2.52. The minimum absolute atomic E-state index is 0.0308. The van der Waals surface area contributed by atoms with Crippen LogP contribution in [0.5, 0.6) is 0 Å². The van der Waals surface area contributed by atoms with Crippen LogP contribution >= 0.6 is 11.6 Å². The predicted octanol–water partition coefficient (Wildman–Crippen LogP) is 5.02. The molecule has 2 amide bonds. The number of amides is 2. The third-order valence-electron chi connectivity index (χ3n) is 6.30. The Balaban J connectivity index is 2.05. The van der Waals surface area contributed by atoms with Crippen LogP contribution in [0.1, 0.15) is 32.8 Å². The normalized spacial score (nSPS) is 12.0. The minimum Gasteiger partial charge on any atom is -0.354 e. The van der Waals surface area contributed by atoms with Crippen molar-refractivity contribution in [3.8, 4) is 0 Å². The highest BCUT2D eigenvalue weighted by atomic mass is 35.5. The minimum atomic E-state index is -4.27. The van der Waals surface area contributed by atoms with Crippen LogP contribution in [0.25, 0.3) is 0 Å². The summed E-state index contributed by atoms with van der Waals surface area (Å²) in [4.78, 5) is 39.1. The van der Waals surface area contributed by atoms with Crippen molar-refractivity contribution in [3.05, 3.63) is 99.6 Å². The van der Waals surface area contributed by atoms with Crippen molar-refractivity contribution in [3.63, 3.8) is 0 Å². The Labute approximate surface area is 245 Å². The first-order valence-corrected chi connectivity index (χ1v) is 14.9. The van der Waals surface area contributed by atoms with Crippen LogP contribution in [-0.4, -0.2) is 49.2 Å². The van der Waals surface area contributed by atoms with E-state index in [0.29, 0.717) is 17.1 Å². The number of rotatable bonds is 13. The number of carbonyl (C=O) groups excluding carboxylic acids is 2. The highest BCUT2D eigenvalue weighted by Gasteiger charge is 2.33. The lowest BCUT2D eigenvalue weighted by Gasteiger charge is -2.33. The van der Waals surface area contributed by atoms with Gasteiger partial charge in [-0.2, -0.15) is 0 Å². The van der Waals surface area contributed by atoms with E-state index in [2.05, 4.69) is 5.32 Å². The largest absolute Gasteiger partial charge is 0.354 e. The third-order valence-corrected chi connectivity index (χ3v) is 8.34. The molecule has 3 aromatic rings. The molecule has 12 heteroatoms. The van der Waals surface area contributed by atoms with E-state index < -0.39 is 33.4 Å². The second kappa shape index (κ2) is 14.1. The summed E-state index contributed by atoms with van der Waals surface area (Å²) in [6, 6.07) is 18.4. The van der Waals surface area contributed by atoms with E-state index in [4.69, 9.17) is 11.6 Å². The van der Waals surface area contributed by atoms with Crippen LogP contribution in [0.3, 0.4) is 0 Å². The number of hydrogen-bond donors (Lipinski definition) is 1. The van der Waals surface area contributed by atoms with E-state index in [9.17, 15) is 28.1 Å². The molecule has 3 rings (SSSR count). The van der Waals surface area contributed by atoms with E-state index in [-0.39, 0.29) is 41.1 Å². The van der Waals surface area contributed by atoms with Gasteiger partial charge in [-0.05, 0) is 54.3 Å². The van der Waals surface area contributed by atoms with Gasteiger partial charge >= 0.3 is 0 Å². The van der Waals surface area contributed by atoms with Gasteiger partial charge in [0.1, 0.15) is 12.6 Å². The molecule has 0 unspecified atom stereocenters. The Morgan fingerprint density at radius 2 is 1.59 bits per heavy atom. The summed E-state index contributed by atoms with van der Waals surface area (Å²) in [5.74, 6) is -0.786. The van der Waals surface area contributed by atoms with E-state index >= 15 is 0 Å². The molecule has 0 aliphatic carbocycles. The summed E-state index contributed by atoms with van der Waals surface area (Å²) >= 11 is 6.04. The number of nitrogens with one attached hydrogen (secondary N) is 1. The van der Waals surface area contributed by atoms with Crippen LogP contribution in [0.2, 0.25) is 5.02 Å². The molecule has 0 radical (unpaired) electrons. The van der Waals surface area contributed by atoms with Crippen LogP contribution in [-0.2, 0) is 26.2 Å². The van der Waals surface area contributed by atoms with E-state index in [1.165, 1.54) is 41.3 Å². The van der Waals surface area contributed by atoms with Gasteiger partial charge in [0.05, 0.1) is 15.5 Å². The number of halogens is 1. The molecule has 0 aliphatic heterocycles. The molecule has 3 aromatic carbocycles. The fourth-order valence-corrected chi connectivity index (χ4v) is 5.68. The molecule has 0 spiro atoms. The zero-order valence-corrected chi connectivity index (χ0v) is 24.6. The first-order chi connectivity index (χ1) is 19.4. The number of carbonyl (C=O) groups is 2. The van der Waals surface area contributed by atoms with Crippen molar-refractivity contribution in [2.24, 2.45) is 5.92 Å². The zero-order valence-electron chi connectivity index (χ0n) is 23.1. The first-order valence-electron chi connectivity index (χ1n) is 13.1. The number of nitro benzene ring substituents is 1. The quantitative estimate of drug-likeness (QED) is 0.216. The smallest absolute Gasteiger partial charge is 0.269 e. The van der Waals surface area contributed by atoms with Crippen molar-refractivity contribution in [2.45, 2.75) is 44.7 Å². The van der Waals surface area contributed by atoms with Gasteiger partial charge in [-0.3, -0.25) is 24.0 Å². The maximum Gasteiger partial charge on any atom is 0.269 e. The molecule has 0 aromatic heterocycles. The molecule has 41 heavy (non-hydrogen) atoms. The van der Waals surface area contributed by atoms with Crippen molar-refractivity contribution in [2.75, 3.05) is 17.4 Å². The Morgan fingerprint density at radius 3 is 2.12 bits per heavy atom. The summed E-state index contributed by atoms with van der Waals surface area (Å²) in [5.41, 5.74) is 0.539. The van der Waals surface area contributed by atoms with E-state index in [1.54, 1.807) is 49.4 Å². The summed E-state index contributed by atoms with van der Waals surface area (Å²) < 4.78 is 28.5. The van der Waals surface area contributed by atoms with Crippen LogP contribution in [0.15, 0.2) is 83.8 Å². The Bertz CT molecular complexity index is 1450. The topological polar surface area (TPSA) is 130 Å². The molecule has 218 valence electrons. The van der Waals surface area contributed by atoms with Gasteiger partial charge in [0.2, 0.25) is 11.8 Å². The molecule has 10 nitrogen and oxygen atoms in total. The van der Waals surface area contributed by atoms with Crippen molar-refractivity contribution < 1.29 is 22.9 Å². The zero-order chi connectivity index (χ0) is 30.2. The Hall–Kier alpha value is -3.96. The summed E-state index contributed by atoms with van der Waals surface area (Å²) in [5, 5.41) is 14.6. The number of sulfonamides is 1. The first kappa shape index (κ1) is 31.6. The number of non-ortho nitro benzene ring substituents is 1. The van der Waals surface area contributed by atoms with Gasteiger partial charge in [0, 0.05) is 30.2 Å². The maximum absolute atomic E-state index is 14.0. The standard InChI is InChI=1S/C29H33ClN4O6S/c1-4-27(29(36)31-18-21(2)3)32(19-22-10-12-23(30)13-11-22)28(35)20-33(24-14-16-25(17-15-24)34(37)38)41(39,40)26-8-6-5-7-9-26/h5-17,21,27H,4,18-20H2,1-3H3,(H,31,36)/t27-/m0/s1. The van der Waals surface area contributed by atoms with Gasteiger partial charge in [-0.1, -0.05) is 62.7 Å². The fraction of sp³-hybridized carbons (Fsp3) is 0.310. The van der Waals surface area contributed by atoms with Gasteiger partial charge in [-0.15, -0.1) is 0 Å². The monoisotopic (exact) mass is 600 g/mol. The average Bonchev–Trinajstić information content (AvgIpc) is 2.96. The number of benzene rings is 3. The molecule has 1 atom stereocenters. The van der Waals surface area contributed by atoms with E-state index in [0.717, 1.165) is 4.31 Å². The maximum atomic E-state index is 14.0. The Morgan fingerprint density at radius 1 is 0.976 bits per heavy atom. The fourth-order valence-electron chi connectivity index (χ4n) is 4.12. The summed E-state index contributed by atoms with van der Waals surface area (Å²) in [6.45, 7) is 5.48. The van der Waals surface area contributed by atoms with Crippen LogP contribution in [0, 0.1) is 16.0 Å². The van der Waals surface area contributed by atoms with Gasteiger partial charge < -0.3 is 10.2 Å². The highest BCUT2D eigenvalue weighted by molar-refractivity contribution is 7.92. The van der Waals surface area contributed by atoms with Gasteiger partial charge in [0.25, 0.3) is 15.7 Å². The number of nitrogens with zero attached hydrogens (tertiary/aromatic N) is 3. The second-order valence-electron chi connectivity index (χ2n) is 9.81. The predicted molar refractivity (Wildman–Crippen MR) is 158 cm³/mol. The molecule has 0 fully saturated rings. The molecule has 1 N–H and O–H groups in total. The lowest BCUT2D eigenvalue weighted by atomic mass is 10.1. The average molecular weight is 601 g/mol. The molecular formula is C29H33ClN4O6S. The van der Waals surface area contributed by atoms with Gasteiger partial charge in [0.15, 0.2) is 0 Å². The Kier molecular flexibility index (Phi) is 10.8. The number of nitro groups is 1. The summed E-state index contributed by atoms with van der Waals surface area (Å²) in [7, 11) is -4.27. The lowest BCUT2D eigenvalue weighted by molar-refractivity contribution is -0.384. The molecular weight excluding hydrogens is 568 g/mol. The van der Waals surface area contributed by atoms with Crippen molar-refractivity contribution in [1.29, 1.82) is 0 Å². The molecule has 0 saturated heterocycles. The van der Waals surface area contributed by atoms with Gasteiger partial charge in [-0.25, -0.2) is 8.42 Å². The highest BCUT2D eigenvalue weighted by Crippen LogP contribution is 2.27. The molecule has 0 bridgehead atoms. The number of anilines is 1. The molecule has 0 aliphatic rings.